The maximum absolute atomic E-state index is 10.5. The van der Waals surface area contributed by atoms with Gasteiger partial charge in [0.05, 0.1) is 6.20 Å². The van der Waals surface area contributed by atoms with Crippen molar-refractivity contribution in [1.29, 1.82) is 0 Å². The summed E-state index contributed by atoms with van der Waals surface area (Å²) < 4.78 is 10.3. The number of aryl methyl sites for hydroxylation is 1. The number of carboxylic acid groups (broad SMARTS) is 1. The second-order valence-corrected chi connectivity index (χ2v) is 3.83. The Balaban J connectivity index is 2.16. The average Bonchev–Trinajstić information content (AvgIpc) is 2.88. The standard InChI is InChI=1S/C13H12N2O4/c1-9-2-4-12(11(15-9)3-5-13(16)17)18-7-10-6-14-19-8-10/h2-6,8H,7H2,1H3,(H,16,17). The van der Waals surface area contributed by atoms with Crippen molar-refractivity contribution in [2.24, 2.45) is 0 Å². The van der Waals surface area contributed by atoms with E-state index in [0.717, 1.165) is 17.3 Å². The highest BCUT2D eigenvalue weighted by atomic mass is 16.5. The molecule has 2 aromatic heterocycles. The topological polar surface area (TPSA) is 85.5 Å². The number of carbonyl (C=O) groups is 1. The van der Waals surface area contributed by atoms with Crippen LogP contribution in [0.3, 0.4) is 0 Å². The summed E-state index contributed by atoms with van der Waals surface area (Å²) in [4.78, 5) is 14.8. The molecule has 0 radical (unpaired) electrons. The van der Waals surface area contributed by atoms with Crippen LogP contribution in [0.5, 0.6) is 5.75 Å². The zero-order valence-electron chi connectivity index (χ0n) is 10.2. The SMILES string of the molecule is Cc1ccc(OCc2cnoc2)c(C=CC(=O)O)n1. The highest BCUT2D eigenvalue weighted by Crippen LogP contribution is 2.19. The summed E-state index contributed by atoms with van der Waals surface area (Å²) in [6.07, 6.45) is 5.45. The lowest BCUT2D eigenvalue weighted by molar-refractivity contribution is -0.131. The second-order valence-electron chi connectivity index (χ2n) is 3.83. The van der Waals surface area contributed by atoms with Crippen molar-refractivity contribution < 1.29 is 19.2 Å². The van der Waals surface area contributed by atoms with Gasteiger partial charge in [0, 0.05) is 17.3 Å². The largest absolute Gasteiger partial charge is 0.486 e. The van der Waals surface area contributed by atoms with E-state index in [1.807, 2.05) is 6.92 Å². The monoisotopic (exact) mass is 260 g/mol. The van der Waals surface area contributed by atoms with Gasteiger partial charge in [0.2, 0.25) is 0 Å². The maximum Gasteiger partial charge on any atom is 0.328 e. The fourth-order valence-electron chi connectivity index (χ4n) is 1.41. The predicted octanol–water partition coefficient (Wildman–Crippen LogP) is 2.05. The van der Waals surface area contributed by atoms with Crippen LogP contribution in [0, 0.1) is 6.92 Å². The van der Waals surface area contributed by atoms with Crippen molar-refractivity contribution in [2.45, 2.75) is 13.5 Å². The Morgan fingerprint density at radius 1 is 1.53 bits per heavy atom. The molecule has 0 bridgehead atoms. The van der Waals surface area contributed by atoms with Gasteiger partial charge in [0.1, 0.15) is 24.3 Å². The maximum atomic E-state index is 10.5. The highest BCUT2D eigenvalue weighted by molar-refractivity contribution is 5.85. The van der Waals surface area contributed by atoms with E-state index < -0.39 is 5.97 Å². The number of nitrogens with zero attached hydrogens (tertiary/aromatic N) is 2. The number of aliphatic carboxylic acids is 1. The molecule has 0 unspecified atom stereocenters. The summed E-state index contributed by atoms with van der Waals surface area (Å²) in [7, 11) is 0. The van der Waals surface area contributed by atoms with Crippen LogP contribution in [-0.4, -0.2) is 21.2 Å². The number of hydrogen-bond acceptors (Lipinski definition) is 5. The first kappa shape index (κ1) is 12.8. The van der Waals surface area contributed by atoms with Crippen molar-refractivity contribution >= 4 is 12.0 Å². The fraction of sp³-hybridized carbons (Fsp3) is 0.154. The fourth-order valence-corrected chi connectivity index (χ4v) is 1.41. The zero-order chi connectivity index (χ0) is 13.7. The molecule has 0 atom stereocenters. The predicted molar refractivity (Wildman–Crippen MR) is 66.5 cm³/mol. The highest BCUT2D eigenvalue weighted by Gasteiger charge is 2.05. The number of aromatic nitrogens is 2. The van der Waals surface area contributed by atoms with E-state index in [1.165, 1.54) is 12.3 Å². The van der Waals surface area contributed by atoms with Crippen LogP contribution in [0.2, 0.25) is 0 Å². The van der Waals surface area contributed by atoms with E-state index in [9.17, 15) is 4.79 Å². The van der Waals surface area contributed by atoms with Gasteiger partial charge in [0.15, 0.2) is 0 Å². The van der Waals surface area contributed by atoms with Crippen molar-refractivity contribution in [1.82, 2.24) is 10.1 Å². The Hall–Kier alpha value is -2.63. The number of ether oxygens (including phenoxy) is 1. The molecule has 98 valence electrons. The third-order valence-electron chi connectivity index (χ3n) is 2.29. The van der Waals surface area contributed by atoms with Gasteiger partial charge in [-0.15, -0.1) is 0 Å². The van der Waals surface area contributed by atoms with Crippen LogP contribution in [-0.2, 0) is 11.4 Å². The van der Waals surface area contributed by atoms with E-state index in [1.54, 1.807) is 18.3 Å². The van der Waals surface area contributed by atoms with Crippen molar-refractivity contribution in [2.75, 3.05) is 0 Å². The molecule has 0 saturated heterocycles. The quantitative estimate of drug-likeness (QED) is 0.828. The molecule has 0 aliphatic rings. The first-order valence-corrected chi connectivity index (χ1v) is 5.55. The minimum Gasteiger partial charge on any atom is -0.486 e. The van der Waals surface area contributed by atoms with Crippen LogP contribution in [0.1, 0.15) is 17.0 Å². The molecule has 2 aromatic rings. The summed E-state index contributed by atoms with van der Waals surface area (Å²) in [6, 6.07) is 3.54. The summed E-state index contributed by atoms with van der Waals surface area (Å²) >= 11 is 0. The molecule has 0 amide bonds. The first-order chi connectivity index (χ1) is 9.15. The molecule has 19 heavy (non-hydrogen) atoms. The molecule has 0 aliphatic carbocycles. The lowest BCUT2D eigenvalue weighted by Gasteiger charge is -2.07. The van der Waals surface area contributed by atoms with Gasteiger partial charge in [-0.05, 0) is 25.1 Å². The zero-order valence-corrected chi connectivity index (χ0v) is 10.2. The molecular formula is C13H12N2O4. The molecule has 0 aliphatic heterocycles. The van der Waals surface area contributed by atoms with Gasteiger partial charge < -0.3 is 14.4 Å². The van der Waals surface area contributed by atoms with Gasteiger partial charge in [0.25, 0.3) is 0 Å². The van der Waals surface area contributed by atoms with E-state index in [2.05, 4.69) is 10.1 Å². The Morgan fingerprint density at radius 2 is 2.37 bits per heavy atom. The lowest BCUT2D eigenvalue weighted by atomic mass is 10.2. The van der Waals surface area contributed by atoms with Gasteiger partial charge in [-0.3, -0.25) is 0 Å². The Morgan fingerprint density at radius 3 is 3.05 bits per heavy atom. The summed E-state index contributed by atoms with van der Waals surface area (Å²) in [5.74, 6) is -0.530. The molecular weight excluding hydrogens is 248 g/mol. The molecule has 0 fully saturated rings. The van der Waals surface area contributed by atoms with Gasteiger partial charge in [-0.25, -0.2) is 9.78 Å². The van der Waals surface area contributed by atoms with E-state index in [4.69, 9.17) is 14.4 Å². The van der Waals surface area contributed by atoms with Gasteiger partial charge in [-0.2, -0.15) is 0 Å². The van der Waals surface area contributed by atoms with Gasteiger partial charge >= 0.3 is 5.97 Å². The summed E-state index contributed by atoms with van der Waals surface area (Å²) in [5.41, 5.74) is 2.04. The molecule has 1 N–H and O–H groups in total. The van der Waals surface area contributed by atoms with E-state index in [0.29, 0.717) is 11.4 Å². The summed E-state index contributed by atoms with van der Waals surface area (Å²) in [6.45, 7) is 2.10. The second kappa shape index (κ2) is 5.81. The van der Waals surface area contributed by atoms with Crippen molar-refractivity contribution in [3.8, 4) is 5.75 Å². The minimum atomic E-state index is -1.03. The number of rotatable bonds is 5. The Labute approximate surface area is 109 Å². The molecule has 0 spiro atoms. The molecule has 2 rings (SSSR count). The van der Waals surface area contributed by atoms with E-state index in [-0.39, 0.29) is 6.61 Å². The first-order valence-electron chi connectivity index (χ1n) is 5.55. The average molecular weight is 260 g/mol. The minimum absolute atomic E-state index is 0.280. The number of carboxylic acids is 1. The van der Waals surface area contributed by atoms with Gasteiger partial charge in [-0.1, -0.05) is 5.16 Å². The third kappa shape index (κ3) is 3.67. The Bertz CT molecular complexity index is 591. The number of hydrogen-bond donors (Lipinski definition) is 1. The molecule has 6 heteroatoms. The van der Waals surface area contributed by atoms with E-state index >= 15 is 0 Å². The third-order valence-corrected chi connectivity index (χ3v) is 2.29. The normalized spacial score (nSPS) is 10.8. The Kier molecular flexibility index (Phi) is 3.92. The molecule has 6 nitrogen and oxygen atoms in total. The van der Waals surface area contributed by atoms with Crippen LogP contribution in [0.4, 0.5) is 0 Å². The molecule has 0 aromatic carbocycles. The van der Waals surface area contributed by atoms with Crippen LogP contribution in [0.25, 0.3) is 6.08 Å². The van der Waals surface area contributed by atoms with Crippen LogP contribution in [0.15, 0.2) is 35.2 Å². The number of pyridine rings is 1. The smallest absolute Gasteiger partial charge is 0.328 e. The van der Waals surface area contributed by atoms with Crippen LogP contribution < -0.4 is 4.74 Å². The summed E-state index contributed by atoms with van der Waals surface area (Å²) in [5, 5.41) is 12.2. The molecule has 2 heterocycles. The van der Waals surface area contributed by atoms with Crippen molar-refractivity contribution in [3.05, 3.63) is 47.6 Å². The van der Waals surface area contributed by atoms with Crippen LogP contribution >= 0.6 is 0 Å². The molecule has 0 saturated carbocycles. The lowest BCUT2D eigenvalue weighted by Crippen LogP contribution is -1.98. The van der Waals surface area contributed by atoms with Crippen molar-refractivity contribution in [3.63, 3.8) is 0 Å².